The smallest absolute Gasteiger partial charge is 0.335 e. The van der Waals surface area contributed by atoms with Crippen molar-refractivity contribution in [2.45, 2.75) is 12.3 Å². The SMILES string of the molecule is O=C(O)c1ccccc1CC(CP(=O)(OCCCl)OCCCl)c1ccccc1C(=O)O. The summed E-state index contributed by atoms with van der Waals surface area (Å²) >= 11 is 11.4. The predicted molar refractivity (Wildman–Crippen MR) is 119 cm³/mol. The summed E-state index contributed by atoms with van der Waals surface area (Å²) in [5.74, 6) is -2.74. The van der Waals surface area contributed by atoms with Crippen LogP contribution in [0.5, 0.6) is 0 Å². The molecule has 10 heteroatoms. The van der Waals surface area contributed by atoms with Gasteiger partial charge in [0, 0.05) is 17.7 Å². The number of carboxylic acids is 2. The van der Waals surface area contributed by atoms with Gasteiger partial charge in [-0.2, -0.15) is 0 Å². The lowest BCUT2D eigenvalue weighted by atomic mass is 9.88. The number of carbonyl (C=O) groups is 2. The normalized spacial score (nSPS) is 12.5. The molecule has 0 aromatic heterocycles. The number of rotatable bonds is 13. The predicted octanol–water partition coefficient (Wildman–Crippen LogP) is 5.11. The minimum Gasteiger partial charge on any atom is -0.478 e. The van der Waals surface area contributed by atoms with E-state index in [2.05, 4.69) is 0 Å². The molecular weight excluding hydrogens is 466 g/mol. The van der Waals surface area contributed by atoms with Gasteiger partial charge in [0.2, 0.25) is 0 Å². The molecule has 1 unspecified atom stereocenters. The van der Waals surface area contributed by atoms with E-state index in [0.717, 1.165) is 0 Å². The highest BCUT2D eigenvalue weighted by Crippen LogP contribution is 2.52. The van der Waals surface area contributed by atoms with Crippen molar-refractivity contribution >= 4 is 42.7 Å². The van der Waals surface area contributed by atoms with Gasteiger partial charge in [-0.3, -0.25) is 4.57 Å². The molecule has 0 aliphatic heterocycles. The molecule has 0 fully saturated rings. The van der Waals surface area contributed by atoms with Crippen LogP contribution in [0, 0.1) is 0 Å². The van der Waals surface area contributed by atoms with Crippen molar-refractivity contribution in [3.63, 3.8) is 0 Å². The Bertz CT molecular complexity index is 939. The number of hydrogen-bond acceptors (Lipinski definition) is 5. The van der Waals surface area contributed by atoms with Crippen LogP contribution in [-0.4, -0.2) is 53.3 Å². The van der Waals surface area contributed by atoms with E-state index in [0.29, 0.717) is 11.1 Å². The standard InChI is InChI=1S/C21H23Cl2O7P/c22-9-11-29-31(28,30-12-10-23)14-16(17-6-3-4-8-19(17)21(26)27)13-15-5-1-2-7-18(15)20(24)25/h1-8,16H,9-14H2,(H,24,25)(H,26,27). The Morgan fingerprint density at radius 1 is 0.871 bits per heavy atom. The van der Waals surface area contributed by atoms with Crippen LogP contribution >= 0.6 is 30.8 Å². The summed E-state index contributed by atoms with van der Waals surface area (Å²) in [5, 5.41) is 19.2. The van der Waals surface area contributed by atoms with Crippen molar-refractivity contribution in [3.8, 4) is 0 Å². The zero-order valence-electron chi connectivity index (χ0n) is 16.6. The second kappa shape index (κ2) is 12.2. The highest BCUT2D eigenvalue weighted by Gasteiger charge is 2.32. The van der Waals surface area contributed by atoms with Crippen LogP contribution in [0.3, 0.4) is 0 Å². The van der Waals surface area contributed by atoms with E-state index in [1.807, 2.05) is 0 Å². The molecule has 168 valence electrons. The van der Waals surface area contributed by atoms with Crippen LogP contribution < -0.4 is 0 Å². The summed E-state index contributed by atoms with van der Waals surface area (Å²) in [4.78, 5) is 23.5. The lowest BCUT2D eigenvalue weighted by molar-refractivity contribution is 0.0683. The summed E-state index contributed by atoms with van der Waals surface area (Å²) in [6, 6.07) is 12.7. The van der Waals surface area contributed by atoms with Gasteiger partial charge in [0.1, 0.15) is 0 Å². The first-order valence-corrected chi connectivity index (χ1v) is 12.2. The van der Waals surface area contributed by atoms with Crippen LogP contribution in [0.2, 0.25) is 0 Å². The Hall–Kier alpha value is -1.89. The molecule has 0 saturated carbocycles. The fourth-order valence-electron chi connectivity index (χ4n) is 3.25. The molecule has 31 heavy (non-hydrogen) atoms. The molecule has 2 rings (SSSR count). The highest BCUT2D eigenvalue weighted by molar-refractivity contribution is 7.53. The van der Waals surface area contributed by atoms with Gasteiger partial charge in [0.15, 0.2) is 0 Å². The fraction of sp³-hybridized carbons (Fsp3) is 0.333. The Morgan fingerprint density at radius 3 is 1.94 bits per heavy atom. The van der Waals surface area contributed by atoms with Gasteiger partial charge in [-0.1, -0.05) is 36.4 Å². The van der Waals surface area contributed by atoms with Crippen molar-refractivity contribution in [2.75, 3.05) is 31.1 Å². The van der Waals surface area contributed by atoms with Crippen molar-refractivity contribution in [2.24, 2.45) is 0 Å². The summed E-state index contributed by atoms with van der Waals surface area (Å²) < 4.78 is 24.2. The number of aromatic carboxylic acids is 2. The largest absolute Gasteiger partial charge is 0.478 e. The molecule has 0 aliphatic rings. The molecule has 1 atom stereocenters. The summed E-state index contributed by atoms with van der Waals surface area (Å²) in [7, 11) is -3.71. The molecule has 0 radical (unpaired) electrons. The van der Waals surface area contributed by atoms with Gasteiger partial charge in [0.25, 0.3) is 0 Å². The van der Waals surface area contributed by atoms with Crippen LogP contribution in [0.1, 0.15) is 37.8 Å². The third kappa shape index (κ3) is 7.34. The second-order valence-electron chi connectivity index (χ2n) is 6.59. The molecule has 0 bridgehead atoms. The Labute approximate surface area is 190 Å². The lowest BCUT2D eigenvalue weighted by Gasteiger charge is -2.25. The van der Waals surface area contributed by atoms with E-state index in [9.17, 15) is 24.4 Å². The zero-order chi connectivity index (χ0) is 22.9. The molecule has 7 nitrogen and oxygen atoms in total. The van der Waals surface area contributed by atoms with Crippen LogP contribution in [0.25, 0.3) is 0 Å². The molecule has 0 amide bonds. The number of carboxylic acid groups (broad SMARTS) is 2. The maximum atomic E-state index is 13.4. The number of hydrogen-bond donors (Lipinski definition) is 2. The average Bonchev–Trinajstić information content (AvgIpc) is 2.76. The molecule has 2 N–H and O–H groups in total. The number of halogens is 2. The van der Waals surface area contributed by atoms with Crippen molar-refractivity contribution in [3.05, 3.63) is 70.8 Å². The first-order chi connectivity index (χ1) is 14.8. The van der Waals surface area contributed by atoms with Crippen molar-refractivity contribution < 1.29 is 33.4 Å². The van der Waals surface area contributed by atoms with Crippen LogP contribution in [-0.2, 0) is 20.0 Å². The van der Waals surface area contributed by atoms with Gasteiger partial charge in [-0.05, 0) is 29.7 Å². The molecule has 0 aliphatic carbocycles. The lowest BCUT2D eigenvalue weighted by Crippen LogP contribution is -2.17. The number of benzene rings is 2. The topological polar surface area (TPSA) is 110 Å². The van der Waals surface area contributed by atoms with Crippen LogP contribution in [0.4, 0.5) is 0 Å². The van der Waals surface area contributed by atoms with Gasteiger partial charge >= 0.3 is 19.5 Å². The Morgan fingerprint density at radius 2 is 1.39 bits per heavy atom. The monoisotopic (exact) mass is 488 g/mol. The van der Waals surface area contributed by atoms with Gasteiger partial charge in [-0.25, -0.2) is 9.59 Å². The van der Waals surface area contributed by atoms with Gasteiger partial charge in [-0.15, -0.1) is 23.2 Å². The van der Waals surface area contributed by atoms with E-state index >= 15 is 0 Å². The van der Waals surface area contributed by atoms with Crippen molar-refractivity contribution in [1.82, 2.24) is 0 Å². The van der Waals surface area contributed by atoms with E-state index in [-0.39, 0.29) is 48.7 Å². The third-order valence-electron chi connectivity index (χ3n) is 4.52. The fourth-order valence-corrected chi connectivity index (χ4v) is 5.51. The zero-order valence-corrected chi connectivity index (χ0v) is 19.0. The van der Waals surface area contributed by atoms with Crippen molar-refractivity contribution in [1.29, 1.82) is 0 Å². The van der Waals surface area contributed by atoms with E-state index in [1.54, 1.807) is 36.4 Å². The molecular formula is C21H23Cl2O7P. The molecule has 0 saturated heterocycles. The van der Waals surface area contributed by atoms with Crippen LogP contribution in [0.15, 0.2) is 48.5 Å². The van der Waals surface area contributed by atoms with E-state index < -0.39 is 25.5 Å². The van der Waals surface area contributed by atoms with E-state index in [1.165, 1.54) is 12.1 Å². The maximum Gasteiger partial charge on any atom is 0.335 e. The first kappa shape index (κ1) is 25.4. The van der Waals surface area contributed by atoms with Gasteiger partial charge < -0.3 is 19.3 Å². The molecule has 2 aromatic carbocycles. The summed E-state index contributed by atoms with van der Waals surface area (Å²) in [6.45, 7) is -0.0553. The number of alkyl halides is 2. The first-order valence-electron chi connectivity index (χ1n) is 9.44. The molecule has 0 spiro atoms. The molecule has 0 heterocycles. The van der Waals surface area contributed by atoms with E-state index in [4.69, 9.17) is 32.2 Å². The minimum atomic E-state index is -3.71. The summed E-state index contributed by atoms with van der Waals surface area (Å²) in [6.07, 6.45) is -0.0513. The third-order valence-corrected chi connectivity index (χ3v) is 6.87. The highest BCUT2D eigenvalue weighted by atomic mass is 35.5. The van der Waals surface area contributed by atoms with Gasteiger partial charge in [0.05, 0.1) is 30.5 Å². The Balaban J connectivity index is 2.51. The maximum absolute atomic E-state index is 13.4. The molecule has 2 aromatic rings. The second-order valence-corrected chi connectivity index (χ2v) is 9.45. The average molecular weight is 489 g/mol. The quantitative estimate of drug-likeness (QED) is 0.297. The Kier molecular flexibility index (Phi) is 10.0. The minimum absolute atomic E-state index is 0.0276. The summed E-state index contributed by atoms with van der Waals surface area (Å²) in [5.41, 5.74) is 0.987.